The van der Waals surface area contributed by atoms with Crippen molar-refractivity contribution in [3.05, 3.63) is 0 Å². The molecule has 0 aliphatic carbocycles. The lowest BCUT2D eigenvalue weighted by molar-refractivity contribution is 0.0710. The van der Waals surface area contributed by atoms with Gasteiger partial charge in [-0.3, -0.25) is 0 Å². The van der Waals surface area contributed by atoms with Gasteiger partial charge in [-0.05, 0) is 32.0 Å². The molecule has 1 rings (SSSR count). The summed E-state index contributed by atoms with van der Waals surface area (Å²) in [6.45, 7) is 4.36. The molecule has 1 fully saturated rings. The Hall–Kier alpha value is 0.0869. The standard InChI is InChI=1S/C9H20O4SSi/c1-15(2,12)7-3-5-13-9-4-6-14(10,11)8-9/h9,12H,3-8H2,1-2H3. The smallest absolute Gasteiger partial charge is 0.182 e. The summed E-state index contributed by atoms with van der Waals surface area (Å²) >= 11 is 0. The Labute approximate surface area is 92.7 Å². The molecule has 0 aromatic heterocycles. The third kappa shape index (κ3) is 5.65. The van der Waals surface area contributed by atoms with Crippen LogP contribution in [-0.4, -0.2) is 45.7 Å². The highest BCUT2D eigenvalue weighted by molar-refractivity contribution is 7.91. The molecular formula is C9H20O4SSi. The van der Waals surface area contributed by atoms with E-state index in [0.29, 0.717) is 13.0 Å². The van der Waals surface area contributed by atoms with Gasteiger partial charge in [0.05, 0.1) is 17.6 Å². The summed E-state index contributed by atoms with van der Waals surface area (Å²) in [5.74, 6) is 0.435. The summed E-state index contributed by atoms with van der Waals surface area (Å²) in [5, 5.41) is 0. The summed E-state index contributed by atoms with van der Waals surface area (Å²) in [7, 11) is -4.79. The Bertz CT molecular complexity index is 294. The summed E-state index contributed by atoms with van der Waals surface area (Å²) in [6, 6.07) is 0.812. The molecule has 1 N–H and O–H groups in total. The van der Waals surface area contributed by atoms with Crippen LogP contribution in [0, 0.1) is 0 Å². The summed E-state index contributed by atoms with van der Waals surface area (Å²) in [6.07, 6.45) is 1.34. The highest BCUT2D eigenvalue weighted by Gasteiger charge is 2.28. The third-order valence-electron chi connectivity index (χ3n) is 2.48. The average molecular weight is 252 g/mol. The van der Waals surface area contributed by atoms with Gasteiger partial charge in [0, 0.05) is 6.61 Å². The highest BCUT2D eigenvalue weighted by atomic mass is 32.2. The van der Waals surface area contributed by atoms with Crippen LogP contribution >= 0.6 is 0 Å². The number of hydrogen-bond acceptors (Lipinski definition) is 4. The molecule has 15 heavy (non-hydrogen) atoms. The van der Waals surface area contributed by atoms with Crippen LogP contribution in [0.2, 0.25) is 19.1 Å². The van der Waals surface area contributed by atoms with Gasteiger partial charge >= 0.3 is 0 Å². The number of ether oxygens (including phenoxy) is 1. The Kier molecular flexibility index (Phi) is 4.34. The second kappa shape index (κ2) is 4.95. The van der Waals surface area contributed by atoms with Gasteiger partial charge in [-0.2, -0.15) is 0 Å². The molecule has 0 saturated carbocycles. The number of rotatable bonds is 5. The van der Waals surface area contributed by atoms with Gasteiger partial charge in [-0.1, -0.05) is 0 Å². The lowest BCUT2D eigenvalue weighted by Crippen LogP contribution is -2.25. The van der Waals surface area contributed by atoms with E-state index < -0.39 is 18.2 Å². The first kappa shape index (κ1) is 13.2. The second-order valence-electron chi connectivity index (χ2n) is 4.81. The summed E-state index contributed by atoms with van der Waals surface area (Å²) in [5.41, 5.74) is 0. The minimum Gasteiger partial charge on any atom is -0.432 e. The van der Waals surface area contributed by atoms with Gasteiger partial charge in [0.1, 0.15) is 0 Å². The molecule has 1 unspecified atom stereocenters. The van der Waals surface area contributed by atoms with Crippen molar-refractivity contribution >= 4 is 18.2 Å². The first-order chi connectivity index (χ1) is 6.79. The van der Waals surface area contributed by atoms with Crippen LogP contribution in [0.4, 0.5) is 0 Å². The topological polar surface area (TPSA) is 63.6 Å². The third-order valence-corrected chi connectivity index (χ3v) is 5.79. The van der Waals surface area contributed by atoms with Crippen molar-refractivity contribution in [3.63, 3.8) is 0 Å². The van der Waals surface area contributed by atoms with Gasteiger partial charge in [-0.25, -0.2) is 8.42 Å². The average Bonchev–Trinajstić information content (AvgIpc) is 2.38. The van der Waals surface area contributed by atoms with Gasteiger partial charge in [0.2, 0.25) is 0 Å². The fourth-order valence-electron chi connectivity index (χ4n) is 1.65. The van der Waals surface area contributed by atoms with Gasteiger partial charge < -0.3 is 9.53 Å². The van der Waals surface area contributed by atoms with Crippen LogP contribution in [-0.2, 0) is 14.6 Å². The molecule has 0 amide bonds. The molecule has 0 bridgehead atoms. The fraction of sp³-hybridized carbons (Fsp3) is 1.00. The molecule has 0 aromatic rings. The minimum atomic E-state index is -2.83. The molecule has 1 saturated heterocycles. The van der Waals surface area contributed by atoms with Gasteiger partial charge in [0.25, 0.3) is 0 Å². The monoisotopic (exact) mass is 252 g/mol. The van der Waals surface area contributed by atoms with Crippen molar-refractivity contribution < 1.29 is 18.0 Å². The van der Waals surface area contributed by atoms with E-state index in [1.807, 2.05) is 13.1 Å². The quantitative estimate of drug-likeness (QED) is 0.580. The summed E-state index contributed by atoms with van der Waals surface area (Å²) in [4.78, 5) is 9.58. The number of hydrogen-bond donors (Lipinski definition) is 1. The second-order valence-corrected chi connectivity index (χ2v) is 11.2. The van der Waals surface area contributed by atoms with E-state index in [1.54, 1.807) is 0 Å². The van der Waals surface area contributed by atoms with Crippen LogP contribution in [0.3, 0.4) is 0 Å². The van der Waals surface area contributed by atoms with Gasteiger partial charge in [-0.15, -0.1) is 0 Å². The molecule has 1 aliphatic rings. The summed E-state index contributed by atoms with van der Waals surface area (Å²) < 4.78 is 27.7. The zero-order valence-corrected chi connectivity index (χ0v) is 11.2. The van der Waals surface area contributed by atoms with Crippen LogP contribution in [0.15, 0.2) is 0 Å². The van der Waals surface area contributed by atoms with E-state index in [0.717, 1.165) is 12.5 Å². The fourth-order valence-corrected chi connectivity index (χ4v) is 4.27. The van der Waals surface area contributed by atoms with Crippen LogP contribution in [0.1, 0.15) is 12.8 Å². The molecular weight excluding hydrogens is 232 g/mol. The lowest BCUT2D eigenvalue weighted by Gasteiger charge is -2.14. The van der Waals surface area contributed by atoms with Crippen molar-refractivity contribution in [1.82, 2.24) is 0 Å². The normalized spacial score (nSPS) is 25.7. The molecule has 0 radical (unpaired) electrons. The predicted octanol–water partition coefficient (Wildman–Crippen LogP) is 0.778. The molecule has 1 aliphatic heterocycles. The van der Waals surface area contributed by atoms with Gasteiger partial charge in [0.15, 0.2) is 18.2 Å². The molecule has 0 spiro atoms. The highest BCUT2D eigenvalue weighted by Crippen LogP contribution is 2.16. The molecule has 0 aromatic carbocycles. The van der Waals surface area contributed by atoms with E-state index >= 15 is 0 Å². The van der Waals surface area contributed by atoms with Crippen LogP contribution < -0.4 is 0 Å². The Balaban J connectivity index is 2.12. The molecule has 90 valence electrons. The predicted molar refractivity (Wildman–Crippen MR) is 62.1 cm³/mol. The van der Waals surface area contributed by atoms with E-state index in [9.17, 15) is 13.2 Å². The van der Waals surface area contributed by atoms with Crippen LogP contribution in [0.25, 0.3) is 0 Å². The van der Waals surface area contributed by atoms with Crippen molar-refractivity contribution in [2.45, 2.75) is 38.1 Å². The van der Waals surface area contributed by atoms with Crippen molar-refractivity contribution in [3.8, 4) is 0 Å². The SMILES string of the molecule is C[Si](C)(O)CCCOC1CCS(=O)(=O)C1. The maximum absolute atomic E-state index is 11.1. The van der Waals surface area contributed by atoms with Crippen LogP contribution in [0.5, 0.6) is 0 Å². The molecule has 4 nitrogen and oxygen atoms in total. The Morgan fingerprint density at radius 2 is 2.13 bits per heavy atom. The Morgan fingerprint density at radius 3 is 2.60 bits per heavy atom. The molecule has 1 heterocycles. The first-order valence-electron chi connectivity index (χ1n) is 5.33. The Morgan fingerprint density at radius 1 is 1.47 bits per heavy atom. The van der Waals surface area contributed by atoms with Crippen molar-refractivity contribution in [1.29, 1.82) is 0 Å². The van der Waals surface area contributed by atoms with Crippen molar-refractivity contribution in [2.24, 2.45) is 0 Å². The minimum absolute atomic E-state index is 0.113. The van der Waals surface area contributed by atoms with Crippen molar-refractivity contribution in [2.75, 3.05) is 18.1 Å². The van der Waals surface area contributed by atoms with E-state index in [2.05, 4.69) is 0 Å². The first-order valence-corrected chi connectivity index (χ1v) is 10.3. The number of sulfone groups is 1. The molecule has 1 atom stereocenters. The molecule has 6 heteroatoms. The largest absolute Gasteiger partial charge is 0.432 e. The maximum Gasteiger partial charge on any atom is 0.182 e. The van der Waals surface area contributed by atoms with E-state index in [-0.39, 0.29) is 17.6 Å². The lowest BCUT2D eigenvalue weighted by atomic mass is 10.3. The zero-order valence-electron chi connectivity index (χ0n) is 9.40. The zero-order chi connectivity index (χ0) is 11.5. The maximum atomic E-state index is 11.1. The van der Waals surface area contributed by atoms with E-state index in [4.69, 9.17) is 4.74 Å². The van der Waals surface area contributed by atoms with E-state index in [1.165, 1.54) is 0 Å².